The van der Waals surface area contributed by atoms with Crippen LogP contribution < -0.4 is 10.2 Å². The maximum atomic E-state index is 12.9. The van der Waals surface area contributed by atoms with Crippen molar-refractivity contribution in [2.24, 2.45) is 0 Å². The summed E-state index contributed by atoms with van der Waals surface area (Å²) in [7, 11) is 0. The Morgan fingerprint density at radius 2 is 1.88 bits per heavy atom. The minimum Gasteiger partial charge on any atom is -0.462 e. The van der Waals surface area contributed by atoms with Gasteiger partial charge < -0.3 is 15.0 Å². The summed E-state index contributed by atoms with van der Waals surface area (Å²) in [4.78, 5) is 39.2. The zero-order valence-corrected chi connectivity index (χ0v) is 19.6. The molecule has 0 radical (unpaired) electrons. The molecule has 8 nitrogen and oxygen atoms in total. The van der Waals surface area contributed by atoms with Gasteiger partial charge in [0.1, 0.15) is 10.8 Å². The second-order valence-electron chi connectivity index (χ2n) is 7.72. The van der Waals surface area contributed by atoms with Gasteiger partial charge in [-0.2, -0.15) is 0 Å². The van der Waals surface area contributed by atoms with Crippen LogP contribution in [0, 0.1) is 6.92 Å². The first kappa shape index (κ1) is 22.9. The molecule has 2 aromatic heterocycles. The molecule has 0 atom stereocenters. The van der Waals surface area contributed by atoms with E-state index in [-0.39, 0.29) is 19.1 Å². The van der Waals surface area contributed by atoms with E-state index in [1.54, 1.807) is 25.5 Å². The van der Waals surface area contributed by atoms with Crippen LogP contribution in [-0.4, -0.2) is 66.1 Å². The SMILES string of the molecule is CCOC(=O)c1c(NC(=O)CN2CCN(c3cnccn3)CC2)sc(-c2ccccc2)c1C. The van der Waals surface area contributed by atoms with Crippen molar-refractivity contribution in [2.45, 2.75) is 13.8 Å². The van der Waals surface area contributed by atoms with Crippen molar-refractivity contribution in [1.29, 1.82) is 0 Å². The lowest BCUT2D eigenvalue weighted by Crippen LogP contribution is -2.49. The normalized spacial score (nSPS) is 14.2. The van der Waals surface area contributed by atoms with E-state index >= 15 is 0 Å². The fourth-order valence-electron chi connectivity index (χ4n) is 3.87. The van der Waals surface area contributed by atoms with Crippen LogP contribution in [0.2, 0.25) is 0 Å². The van der Waals surface area contributed by atoms with Crippen molar-refractivity contribution in [3.63, 3.8) is 0 Å². The summed E-state index contributed by atoms with van der Waals surface area (Å²) in [6.45, 7) is 7.24. The van der Waals surface area contributed by atoms with Crippen LogP contribution in [0.25, 0.3) is 10.4 Å². The summed E-state index contributed by atoms with van der Waals surface area (Å²) in [6, 6.07) is 9.85. The van der Waals surface area contributed by atoms with Crippen molar-refractivity contribution in [1.82, 2.24) is 14.9 Å². The monoisotopic (exact) mass is 465 g/mol. The van der Waals surface area contributed by atoms with Gasteiger partial charge in [-0.05, 0) is 25.0 Å². The van der Waals surface area contributed by atoms with E-state index in [1.807, 2.05) is 37.3 Å². The highest BCUT2D eigenvalue weighted by molar-refractivity contribution is 7.20. The molecule has 0 saturated carbocycles. The van der Waals surface area contributed by atoms with E-state index < -0.39 is 5.97 Å². The van der Waals surface area contributed by atoms with Crippen LogP contribution in [0.15, 0.2) is 48.9 Å². The number of nitrogens with one attached hydrogen (secondary N) is 1. The molecule has 0 spiro atoms. The Hall–Kier alpha value is -3.30. The fourth-order valence-corrected chi connectivity index (χ4v) is 5.09. The van der Waals surface area contributed by atoms with Gasteiger partial charge in [-0.1, -0.05) is 30.3 Å². The zero-order valence-electron chi connectivity index (χ0n) is 18.8. The van der Waals surface area contributed by atoms with Gasteiger partial charge >= 0.3 is 5.97 Å². The van der Waals surface area contributed by atoms with Crippen molar-refractivity contribution in [3.8, 4) is 10.4 Å². The van der Waals surface area contributed by atoms with Crippen LogP contribution >= 0.6 is 11.3 Å². The van der Waals surface area contributed by atoms with E-state index in [9.17, 15) is 9.59 Å². The second kappa shape index (κ2) is 10.5. The number of hydrogen-bond donors (Lipinski definition) is 1. The van der Waals surface area contributed by atoms with E-state index in [0.29, 0.717) is 10.6 Å². The van der Waals surface area contributed by atoms with Gasteiger partial charge in [0.2, 0.25) is 5.91 Å². The number of amides is 1. The first-order valence-electron chi connectivity index (χ1n) is 11.0. The Bertz CT molecular complexity index is 1100. The molecule has 0 unspecified atom stereocenters. The molecular formula is C24H27N5O3S. The maximum Gasteiger partial charge on any atom is 0.341 e. The Kier molecular flexibility index (Phi) is 7.31. The first-order valence-corrected chi connectivity index (χ1v) is 11.8. The van der Waals surface area contributed by atoms with Crippen LogP contribution in [0.4, 0.5) is 10.8 Å². The Morgan fingerprint density at radius 3 is 2.55 bits per heavy atom. The molecule has 1 saturated heterocycles. The predicted molar refractivity (Wildman–Crippen MR) is 130 cm³/mol. The minimum atomic E-state index is -0.415. The number of esters is 1. The van der Waals surface area contributed by atoms with Crippen LogP contribution in [0.5, 0.6) is 0 Å². The number of ether oxygens (including phenoxy) is 1. The highest BCUT2D eigenvalue weighted by atomic mass is 32.1. The maximum absolute atomic E-state index is 12.9. The van der Waals surface area contributed by atoms with Gasteiger partial charge in [0.15, 0.2) is 0 Å². The summed E-state index contributed by atoms with van der Waals surface area (Å²) in [5, 5.41) is 3.51. The molecule has 1 aliphatic rings. The number of carbonyl (C=O) groups is 2. The highest BCUT2D eigenvalue weighted by Crippen LogP contribution is 2.40. The minimum absolute atomic E-state index is 0.144. The molecule has 1 amide bonds. The number of rotatable bonds is 7. The Balaban J connectivity index is 1.44. The average Bonchev–Trinajstić information content (AvgIpc) is 3.16. The van der Waals surface area contributed by atoms with Gasteiger partial charge in [0.05, 0.1) is 24.9 Å². The second-order valence-corrected chi connectivity index (χ2v) is 8.74. The third-order valence-electron chi connectivity index (χ3n) is 5.53. The summed E-state index contributed by atoms with van der Waals surface area (Å²) < 4.78 is 5.27. The predicted octanol–water partition coefficient (Wildman–Crippen LogP) is 3.45. The number of nitrogens with zero attached hydrogens (tertiary/aromatic N) is 4. The third kappa shape index (κ3) is 5.37. The molecule has 1 aliphatic heterocycles. The quantitative estimate of drug-likeness (QED) is 0.535. The van der Waals surface area contributed by atoms with Crippen LogP contribution in [-0.2, 0) is 9.53 Å². The van der Waals surface area contributed by atoms with Crippen LogP contribution in [0.1, 0.15) is 22.8 Å². The van der Waals surface area contributed by atoms with E-state index in [0.717, 1.165) is 48.0 Å². The van der Waals surface area contributed by atoms with Crippen molar-refractivity contribution in [2.75, 3.05) is 49.5 Å². The van der Waals surface area contributed by atoms with Crippen molar-refractivity contribution < 1.29 is 14.3 Å². The van der Waals surface area contributed by atoms with Crippen molar-refractivity contribution >= 4 is 34.0 Å². The number of benzene rings is 1. The largest absolute Gasteiger partial charge is 0.462 e. The van der Waals surface area contributed by atoms with E-state index in [2.05, 4.69) is 25.1 Å². The molecule has 4 rings (SSSR count). The molecule has 0 aliphatic carbocycles. The third-order valence-corrected chi connectivity index (χ3v) is 6.78. The molecule has 33 heavy (non-hydrogen) atoms. The van der Waals surface area contributed by atoms with Crippen molar-refractivity contribution in [3.05, 3.63) is 60.0 Å². The molecular weight excluding hydrogens is 438 g/mol. The summed E-state index contributed by atoms with van der Waals surface area (Å²) in [5.41, 5.74) is 2.25. The lowest BCUT2D eigenvalue weighted by molar-refractivity contribution is -0.117. The van der Waals surface area contributed by atoms with Gasteiger partial charge in [0, 0.05) is 43.4 Å². The molecule has 1 aromatic carbocycles. The summed E-state index contributed by atoms with van der Waals surface area (Å²) in [5.74, 6) is 0.291. The fraction of sp³-hybridized carbons (Fsp3) is 0.333. The number of aromatic nitrogens is 2. The molecule has 3 heterocycles. The number of piperazine rings is 1. The zero-order chi connectivity index (χ0) is 23.2. The number of carbonyl (C=O) groups excluding carboxylic acids is 2. The highest BCUT2D eigenvalue weighted by Gasteiger charge is 2.25. The standard InChI is InChI=1S/C24H27N5O3S/c1-3-32-24(31)21-17(2)22(18-7-5-4-6-8-18)33-23(21)27-20(30)16-28-11-13-29(14-12-28)19-15-25-9-10-26-19/h4-10,15H,3,11-14,16H2,1-2H3,(H,27,30). The Labute approximate surface area is 197 Å². The topological polar surface area (TPSA) is 87.7 Å². The molecule has 1 fully saturated rings. The lowest BCUT2D eigenvalue weighted by Gasteiger charge is -2.34. The number of thiophene rings is 1. The van der Waals surface area contributed by atoms with Gasteiger partial charge in [-0.15, -0.1) is 11.3 Å². The van der Waals surface area contributed by atoms with Gasteiger partial charge in [-0.25, -0.2) is 9.78 Å². The van der Waals surface area contributed by atoms with Gasteiger partial charge in [-0.3, -0.25) is 14.7 Å². The molecule has 9 heteroatoms. The van der Waals surface area contributed by atoms with E-state index in [4.69, 9.17) is 4.74 Å². The first-order chi connectivity index (χ1) is 16.1. The van der Waals surface area contributed by atoms with Gasteiger partial charge in [0.25, 0.3) is 0 Å². The molecule has 3 aromatic rings. The number of hydrogen-bond acceptors (Lipinski definition) is 8. The number of anilines is 2. The summed E-state index contributed by atoms with van der Waals surface area (Å²) >= 11 is 1.41. The summed E-state index contributed by atoms with van der Waals surface area (Å²) in [6.07, 6.45) is 5.09. The Morgan fingerprint density at radius 1 is 1.12 bits per heavy atom. The van der Waals surface area contributed by atoms with Crippen LogP contribution in [0.3, 0.4) is 0 Å². The molecule has 0 bridgehead atoms. The average molecular weight is 466 g/mol. The smallest absolute Gasteiger partial charge is 0.341 e. The molecule has 172 valence electrons. The molecule has 1 N–H and O–H groups in total. The lowest BCUT2D eigenvalue weighted by atomic mass is 10.1. The van der Waals surface area contributed by atoms with E-state index in [1.165, 1.54) is 11.3 Å².